The smallest absolute Gasteiger partial charge is 0.325 e. The summed E-state index contributed by atoms with van der Waals surface area (Å²) in [5.74, 6) is -1.63. The van der Waals surface area contributed by atoms with E-state index in [-0.39, 0.29) is 24.3 Å². The van der Waals surface area contributed by atoms with Gasteiger partial charge in [0.2, 0.25) is 0 Å². The third kappa shape index (κ3) is 5.70. The first-order chi connectivity index (χ1) is 13.5. The molecule has 0 aromatic heterocycles. The summed E-state index contributed by atoms with van der Waals surface area (Å²) in [6.07, 6.45) is 1.03. The number of benzene rings is 1. The summed E-state index contributed by atoms with van der Waals surface area (Å²) in [6.45, 7) is 0.0300. The molecule has 2 amide bonds. The molecule has 1 heterocycles. The molecule has 1 aromatic carbocycles. The summed E-state index contributed by atoms with van der Waals surface area (Å²) in [5, 5.41) is 2.43. The van der Waals surface area contributed by atoms with Gasteiger partial charge < -0.3 is 24.4 Å². The van der Waals surface area contributed by atoms with E-state index < -0.39 is 18.5 Å². The summed E-state index contributed by atoms with van der Waals surface area (Å²) in [5.41, 5.74) is 0.294. The Labute approximate surface area is 162 Å². The molecule has 1 aliphatic rings. The quantitative estimate of drug-likeness (QED) is 0.668. The number of piperidine rings is 1. The molecule has 9 nitrogen and oxygen atoms in total. The van der Waals surface area contributed by atoms with E-state index in [0.717, 1.165) is 0 Å². The Morgan fingerprint density at radius 2 is 1.79 bits per heavy atom. The molecule has 28 heavy (non-hydrogen) atoms. The Morgan fingerprint density at radius 1 is 1.11 bits per heavy atom. The Kier molecular flexibility index (Phi) is 7.79. The number of nitrogens with one attached hydrogen (secondary N) is 1. The predicted octanol–water partition coefficient (Wildman–Crippen LogP) is 0.380. The summed E-state index contributed by atoms with van der Waals surface area (Å²) >= 11 is 0. The van der Waals surface area contributed by atoms with Gasteiger partial charge >= 0.3 is 11.9 Å². The topological polar surface area (TPSA) is 111 Å². The van der Waals surface area contributed by atoms with Gasteiger partial charge in [0, 0.05) is 13.1 Å². The minimum atomic E-state index is -0.721. The van der Waals surface area contributed by atoms with Crippen molar-refractivity contribution in [3.8, 4) is 5.75 Å². The van der Waals surface area contributed by atoms with Crippen molar-refractivity contribution in [2.45, 2.75) is 12.8 Å². The van der Waals surface area contributed by atoms with Gasteiger partial charge in [-0.15, -0.1) is 0 Å². The standard InChI is InChI=1S/C19H24N2O7/c1-26-15-6-4-3-5-14(15)18(24)20-11-17(23)28-12-16(22)21-9-7-13(8-10-21)19(25)27-2/h3-6,13H,7-12H2,1-2H3,(H,20,24). The molecule has 0 radical (unpaired) electrons. The molecule has 1 aromatic rings. The van der Waals surface area contributed by atoms with Gasteiger partial charge in [0.1, 0.15) is 12.3 Å². The molecular weight excluding hydrogens is 368 g/mol. The number of nitrogens with zero attached hydrogens (tertiary/aromatic N) is 1. The summed E-state index contributed by atoms with van der Waals surface area (Å²) in [6, 6.07) is 6.61. The Bertz CT molecular complexity index is 727. The lowest BCUT2D eigenvalue weighted by Crippen LogP contribution is -2.42. The van der Waals surface area contributed by atoms with Crippen LogP contribution in [0, 0.1) is 5.92 Å². The molecule has 1 aliphatic heterocycles. The summed E-state index contributed by atoms with van der Waals surface area (Å²) in [7, 11) is 2.78. The average Bonchev–Trinajstić information content (AvgIpc) is 2.75. The molecule has 152 valence electrons. The number of likely N-dealkylation sites (tertiary alicyclic amines) is 1. The maximum atomic E-state index is 12.1. The van der Waals surface area contributed by atoms with Crippen molar-refractivity contribution in [1.29, 1.82) is 0 Å². The fourth-order valence-electron chi connectivity index (χ4n) is 2.90. The molecule has 0 unspecified atom stereocenters. The van der Waals surface area contributed by atoms with Crippen LogP contribution in [0.5, 0.6) is 5.75 Å². The van der Waals surface area contributed by atoms with Gasteiger partial charge in [-0.25, -0.2) is 0 Å². The fourth-order valence-corrected chi connectivity index (χ4v) is 2.90. The lowest BCUT2D eigenvalue weighted by molar-refractivity contribution is -0.153. The van der Waals surface area contributed by atoms with Crippen LogP contribution in [0.1, 0.15) is 23.2 Å². The van der Waals surface area contributed by atoms with Crippen LogP contribution < -0.4 is 10.1 Å². The van der Waals surface area contributed by atoms with Gasteiger partial charge in [-0.05, 0) is 25.0 Å². The van der Waals surface area contributed by atoms with E-state index in [4.69, 9.17) is 14.2 Å². The maximum absolute atomic E-state index is 12.1. The normalized spacial score (nSPS) is 14.1. The van der Waals surface area contributed by atoms with Crippen LogP contribution in [0.4, 0.5) is 0 Å². The number of carbonyl (C=O) groups excluding carboxylic acids is 4. The highest BCUT2D eigenvalue weighted by Gasteiger charge is 2.28. The highest BCUT2D eigenvalue weighted by atomic mass is 16.5. The number of methoxy groups -OCH3 is 2. The van der Waals surface area contributed by atoms with E-state index >= 15 is 0 Å². The van der Waals surface area contributed by atoms with Crippen molar-refractivity contribution in [3.05, 3.63) is 29.8 Å². The highest BCUT2D eigenvalue weighted by molar-refractivity contribution is 5.98. The molecule has 0 bridgehead atoms. The number of carbonyl (C=O) groups is 4. The van der Waals surface area contributed by atoms with E-state index in [2.05, 4.69) is 5.32 Å². The number of rotatable bonds is 7. The van der Waals surface area contributed by atoms with Crippen molar-refractivity contribution < 1.29 is 33.4 Å². The molecular formula is C19H24N2O7. The highest BCUT2D eigenvalue weighted by Crippen LogP contribution is 2.18. The number of amides is 2. The number of para-hydroxylation sites is 1. The molecule has 0 spiro atoms. The third-order valence-corrected chi connectivity index (χ3v) is 4.48. The largest absolute Gasteiger partial charge is 0.496 e. The SMILES string of the molecule is COC(=O)C1CCN(C(=O)COC(=O)CNC(=O)c2ccccc2OC)CC1. The van der Waals surface area contributed by atoms with Crippen molar-refractivity contribution in [3.63, 3.8) is 0 Å². The van der Waals surface area contributed by atoms with Crippen LogP contribution in [-0.4, -0.2) is 69.1 Å². The second kappa shape index (κ2) is 10.3. The Hall–Kier alpha value is -3.10. The van der Waals surface area contributed by atoms with Crippen LogP contribution in [0.2, 0.25) is 0 Å². The van der Waals surface area contributed by atoms with Crippen LogP contribution >= 0.6 is 0 Å². The Morgan fingerprint density at radius 3 is 2.43 bits per heavy atom. The van der Waals surface area contributed by atoms with Gasteiger partial charge in [0.05, 0.1) is 25.7 Å². The van der Waals surface area contributed by atoms with Crippen LogP contribution in [0.3, 0.4) is 0 Å². The molecule has 1 saturated heterocycles. The average molecular weight is 392 g/mol. The summed E-state index contributed by atoms with van der Waals surface area (Å²) < 4.78 is 14.7. The molecule has 9 heteroatoms. The van der Waals surface area contributed by atoms with Crippen LogP contribution in [-0.2, 0) is 23.9 Å². The zero-order chi connectivity index (χ0) is 20.5. The predicted molar refractivity (Wildman–Crippen MR) is 97.6 cm³/mol. The lowest BCUT2D eigenvalue weighted by atomic mass is 9.97. The Balaban J connectivity index is 1.72. The van der Waals surface area contributed by atoms with Crippen molar-refractivity contribution in [1.82, 2.24) is 10.2 Å². The molecule has 0 atom stereocenters. The number of hydrogen-bond donors (Lipinski definition) is 1. The number of esters is 2. The van der Waals surface area contributed by atoms with E-state index in [1.54, 1.807) is 29.2 Å². The molecule has 1 fully saturated rings. The van der Waals surface area contributed by atoms with E-state index in [9.17, 15) is 19.2 Å². The van der Waals surface area contributed by atoms with Gasteiger partial charge in [-0.2, -0.15) is 0 Å². The van der Waals surface area contributed by atoms with Gasteiger partial charge in [-0.3, -0.25) is 19.2 Å². The van der Waals surface area contributed by atoms with E-state index in [1.165, 1.54) is 14.2 Å². The molecule has 2 rings (SSSR count). The fraction of sp³-hybridized carbons (Fsp3) is 0.474. The molecule has 1 N–H and O–H groups in total. The number of ether oxygens (including phenoxy) is 3. The van der Waals surface area contributed by atoms with Crippen molar-refractivity contribution >= 4 is 23.8 Å². The maximum Gasteiger partial charge on any atom is 0.325 e. The van der Waals surface area contributed by atoms with Crippen LogP contribution in [0.25, 0.3) is 0 Å². The summed E-state index contributed by atoms with van der Waals surface area (Å²) in [4.78, 5) is 49.1. The van der Waals surface area contributed by atoms with E-state index in [1.807, 2.05) is 0 Å². The minimum Gasteiger partial charge on any atom is -0.496 e. The first-order valence-corrected chi connectivity index (χ1v) is 8.88. The molecule has 0 aliphatic carbocycles. The minimum absolute atomic E-state index is 0.207. The second-order valence-electron chi connectivity index (χ2n) is 6.22. The zero-order valence-corrected chi connectivity index (χ0v) is 15.9. The van der Waals surface area contributed by atoms with Crippen LogP contribution in [0.15, 0.2) is 24.3 Å². The monoisotopic (exact) mass is 392 g/mol. The molecule has 0 saturated carbocycles. The third-order valence-electron chi connectivity index (χ3n) is 4.48. The van der Waals surface area contributed by atoms with Crippen molar-refractivity contribution in [2.75, 3.05) is 40.5 Å². The lowest BCUT2D eigenvalue weighted by Gasteiger charge is -2.30. The van der Waals surface area contributed by atoms with Crippen molar-refractivity contribution in [2.24, 2.45) is 5.92 Å². The first kappa shape index (κ1) is 21.2. The number of hydrogen-bond acceptors (Lipinski definition) is 7. The van der Waals surface area contributed by atoms with E-state index in [0.29, 0.717) is 37.2 Å². The first-order valence-electron chi connectivity index (χ1n) is 8.88. The zero-order valence-electron chi connectivity index (χ0n) is 15.9. The van der Waals surface area contributed by atoms with Gasteiger partial charge in [0.25, 0.3) is 11.8 Å². The van der Waals surface area contributed by atoms with Gasteiger partial charge in [0.15, 0.2) is 6.61 Å². The van der Waals surface area contributed by atoms with Gasteiger partial charge in [-0.1, -0.05) is 12.1 Å². The second-order valence-corrected chi connectivity index (χ2v) is 6.22.